The first-order valence-corrected chi connectivity index (χ1v) is 4.71. The molecule has 0 aliphatic rings. The first-order valence-electron chi connectivity index (χ1n) is 4.71. The molecule has 0 saturated heterocycles. The second-order valence-corrected chi connectivity index (χ2v) is 3.17. The average Bonchev–Trinajstić information content (AvgIpc) is 2.22. The number of rotatable bonds is 4. The lowest BCUT2D eigenvalue weighted by Crippen LogP contribution is -2.32. The fourth-order valence-corrected chi connectivity index (χ4v) is 1.15. The van der Waals surface area contributed by atoms with Crippen molar-refractivity contribution in [1.82, 2.24) is 9.88 Å². The molecule has 0 bridgehead atoms. The van der Waals surface area contributed by atoms with Crippen LogP contribution in [0, 0.1) is 0 Å². The third-order valence-electron chi connectivity index (χ3n) is 1.99. The normalized spacial score (nSPS) is 10.0. The Kier molecular flexibility index (Phi) is 4.05. The van der Waals surface area contributed by atoms with Gasteiger partial charge in [-0.25, -0.2) is 0 Å². The Morgan fingerprint density at radius 2 is 2.33 bits per heavy atom. The maximum Gasteiger partial charge on any atom is 0.263 e. The molecule has 0 atom stereocenters. The summed E-state index contributed by atoms with van der Waals surface area (Å²) in [6.07, 6.45) is 2.08. The molecule has 1 amide bonds. The number of hydrogen-bond donors (Lipinski definition) is 2. The highest BCUT2D eigenvalue weighted by atomic mass is 16.3. The molecule has 0 radical (unpaired) electrons. The number of aromatic nitrogens is 1. The van der Waals surface area contributed by atoms with Crippen LogP contribution in [-0.4, -0.2) is 28.7 Å². The minimum Gasteiger partial charge on any atom is -0.396 e. The fourth-order valence-electron chi connectivity index (χ4n) is 1.15. The van der Waals surface area contributed by atoms with E-state index in [1.54, 1.807) is 19.3 Å². The molecule has 0 aliphatic heterocycles. The molecule has 0 saturated carbocycles. The zero-order valence-electron chi connectivity index (χ0n) is 8.56. The Morgan fingerprint density at radius 3 is 3.00 bits per heavy atom. The molecule has 0 spiro atoms. The van der Waals surface area contributed by atoms with Crippen molar-refractivity contribution in [2.45, 2.75) is 6.42 Å². The van der Waals surface area contributed by atoms with E-state index in [1.807, 2.05) is 0 Å². The molecule has 1 aromatic heterocycles. The van der Waals surface area contributed by atoms with E-state index < -0.39 is 5.91 Å². The second-order valence-electron chi connectivity index (χ2n) is 3.17. The van der Waals surface area contributed by atoms with Crippen molar-refractivity contribution in [2.75, 3.05) is 13.2 Å². The summed E-state index contributed by atoms with van der Waals surface area (Å²) in [6, 6.07) is 3.12. The molecule has 1 rings (SSSR count). The van der Waals surface area contributed by atoms with Gasteiger partial charge in [0.25, 0.3) is 11.5 Å². The summed E-state index contributed by atoms with van der Waals surface area (Å²) in [5.41, 5.74) is -0.197. The van der Waals surface area contributed by atoms with Crippen molar-refractivity contribution < 1.29 is 9.90 Å². The monoisotopic (exact) mass is 210 g/mol. The van der Waals surface area contributed by atoms with Crippen LogP contribution in [0.1, 0.15) is 16.8 Å². The van der Waals surface area contributed by atoms with E-state index >= 15 is 0 Å². The Balaban J connectivity index is 2.74. The highest BCUT2D eigenvalue weighted by molar-refractivity contribution is 5.93. The number of aliphatic hydroxyl groups is 1. The molecule has 5 nitrogen and oxygen atoms in total. The van der Waals surface area contributed by atoms with Crippen molar-refractivity contribution in [2.24, 2.45) is 7.05 Å². The molecule has 5 heteroatoms. The number of carbonyl (C=O) groups excluding carboxylic acids is 1. The van der Waals surface area contributed by atoms with Gasteiger partial charge in [-0.1, -0.05) is 0 Å². The lowest BCUT2D eigenvalue weighted by molar-refractivity contribution is 0.0949. The minimum absolute atomic E-state index is 0.0209. The van der Waals surface area contributed by atoms with Crippen molar-refractivity contribution in [3.63, 3.8) is 0 Å². The Labute approximate surface area is 87.4 Å². The average molecular weight is 210 g/mol. The number of aliphatic hydroxyl groups excluding tert-OH is 1. The van der Waals surface area contributed by atoms with E-state index in [-0.39, 0.29) is 17.7 Å². The lowest BCUT2D eigenvalue weighted by atomic mass is 10.2. The molecule has 1 aromatic rings. The van der Waals surface area contributed by atoms with Crippen LogP contribution in [0.25, 0.3) is 0 Å². The number of nitrogens with zero attached hydrogens (tertiary/aromatic N) is 1. The quantitative estimate of drug-likeness (QED) is 0.658. The second kappa shape index (κ2) is 5.31. The van der Waals surface area contributed by atoms with Gasteiger partial charge in [0, 0.05) is 26.4 Å². The van der Waals surface area contributed by atoms with Crippen LogP contribution >= 0.6 is 0 Å². The van der Waals surface area contributed by atoms with Gasteiger partial charge in [0.2, 0.25) is 0 Å². The number of carbonyl (C=O) groups is 1. The van der Waals surface area contributed by atoms with E-state index in [0.29, 0.717) is 13.0 Å². The highest BCUT2D eigenvalue weighted by Gasteiger charge is 2.09. The first-order chi connectivity index (χ1) is 7.16. The summed E-state index contributed by atoms with van der Waals surface area (Å²) in [5.74, 6) is -0.398. The SMILES string of the molecule is Cn1cccc(C(=O)NCCCO)c1=O. The molecule has 82 valence electrons. The van der Waals surface area contributed by atoms with Crippen LogP contribution < -0.4 is 10.9 Å². The number of hydrogen-bond acceptors (Lipinski definition) is 3. The molecule has 2 N–H and O–H groups in total. The van der Waals surface area contributed by atoms with Gasteiger partial charge in [-0.05, 0) is 18.6 Å². The summed E-state index contributed by atoms with van der Waals surface area (Å²) in [7, 11) is 1.59. The summed E-state index contributed by atoms with van der Waals surface area (Å²) in [4.78, 5) is 23.0. The molecule has 0 aliphatic carbocycles. The maximum absolute atomic E-state index is 11.5. The largest absolute Gasteiger partial charge is 0.396 e. The zero-order valence-corrected chi connectivity index (χ0v) is 8.56. The van der Waals surface area contributed by atoms with E-state index in [0.717, 1.165) is 0 Å². The summed E-state index contributed by atoms with van der Waals surface area (Å²) >= 11 is 0. The van der Waals surface area contributed by atoms with Gasteiger partial charge in [-0.2, -0.15) is 0 Å². The molecule has 0 fully saturated rings. The van der Waals surface area contributed by atoms with Crippen molar-refractivity contribution >= 4 is 5.91 Å². The predicted octanol–water partition coefficient (Wildman–Crippen LogP) is -0.503. The van der Waals surface area contributed by atoms with Gasteiger partial charge in [0.1, 0.15) is 5.56 Å². The molecule has 1 heterocycles. The van der Waals surface area contributed by atoms with Crippen LogP contribution in [0.5, 0.6) is 0 Å². The van der Waals surface area contributed by atoms with Crippen LogP contribution in [0.4, 0.5) is 0 Å². The van der Waals surface area contributed by atoms with E-state index in [9.17, 15) is 9.59 Å². The van der Waals surface area contributed by atoms with Crippen molar-refractivity contribution in [3.8, 4) is 0 Å². The Bertz CT molecular complexity index is 398. The van der Waals surface area contributed by atoms with Gasteiger partial charge >= 0.3 is 0 Å². The predicted molar refractivity (Wildman–Crippen MR) is 55.7 cm³/mol. The Morgan fingerprint density at radius 1 is 1.60 bits per heavy atom. The van der Waals surface area contributed by atoms with E-state index in [4.69, 9.17) is 5.11 Å². The third kappa shape index (κ3) is 2.92. The summed E-state index contributed by atoms with van der Waals surface area (Å²) in [6.45, 7) is 0.389. The van der Waals surface area contributed by atoms with Crippen molar-refractivity contribution in [1.29, 1.82) is 0 Å². The summed E-state index contributed by atoms with van der Waals surface area (Å²) < 4.78 is 1.35. The number of amides is 1. The Hall–Kier alpha value is -1.62. The fraction of sp³-hybridized carbons (Fsp3) is 0.400. The van der Waals surface area contributed by atoms with Crippen LogP contribution in [0.3, 0.4) is 0 Å². The molecule has 0 aromatic carbocycles. The molecular formula is C10H14N2O3. The van der Waals surface area contributed by atoms with Crippen molar-refractivity contribution in [3.05, 3.63) is 34.2 Å². The van der Waals surface area contributed by atoms with Crippen LogP contribution in [0.2, 0.25) is 0 Å². The smallest absolute Gasteiger partial charge is 0.263 e. The number of pyridine rings is 1. The van der Waals surface area contributed by atoms with Gasteiger partial charge < -0.3 is 15.0 Å². The minimum atomic E-state index is -0.398. The van der Waals surface area contributed by atoms with Gasteiger partial charge in [0.05, 0.1) is 0 Å². The third-order valence-corrected chi connectivity index (χ3v) is 1.99. The van der Waals surface area contributed by atoms with Gasteiger partial charge in [-0.15, -0.1) is 0 Å². The topological polar surface area (TPSA) is 71.3 Å². The maximum atomic E-state index is 11.5. The van der Waals surface area contributed by atoms with E-state index in [1.165, 1.54) is 10.6 Å². The molecule has 15 heavy (non-hydrogen) atoms. The zero-order chi connectivity index (χ0) is 11.3. The highest BCUT2D eigenvalue weighted by Crippen LogP contribution is 1.90. The standard InChI is InChI=1S/C10H14N2O3/c1-12-6-2-4-8(10(12)15)9(14)11-5-3-7-13/h2,4,6,13H,3,5,7H2,1H3,(H,11,14). The van der Waals surface area contributed by atoms with Gasteiger partial charge in [0.15, 0.2) is 0 Å². The van der Waals surface area contributed by atoms with Crippen LogP contribution in [-0.2, 0) is 7.05 Å². The molecular weight excluding hydrogens is 196 g/mol. The number of aryl methyl sites for hydroxylation is 1. The summed E-state index contributed by atoms with van der Waals surface area (Å²) in [5, 5.41) is 11.1. The molecule has 0 unspecified atom stereocenters. The van der Waals surface area contributed by atoms with E-state index in [2.05, 4.69) is 5.32 Å². The first kappa shape index (κ1) is 11.5. The van der Waals surface area contributed by atoms with Crippen LogP contribution in [0.15, 0.2) is 23.1 Å². The number of nitrogens with one attached hydrogen (secondary N) is 1. The van der Waals surface area contributed by atoms with Gasteiger partial charge in [-0.3, -0.25) is 9.59 Å². The lowest BCUT2D eigenvalue weighted by Gasteiger charge is -2.04.